The first-order valence-corrected chi connectivity index (χ1v) is 19.2. The fourth-order valence-corrected chi connectivity index (χ4v) is 8.00. The van der Waals surface area contributed by atoms with Crippen LogP contribution in [0.4, 0.5) is 11.4 Å². The van der Waals surface area contributed by atoms with Crippen molar-refractivity contribution < 1.29 is 4.42 Å². The highest BCUT2D eigenvalue weighted by Gasteiger charge is 2.23. The lowest BCUT2D eigenvalue weighted by atomic mass is 9.92. The Kier molecular flexibility index (Phi) is 8.66. The summed E-state index contributed by atoms with van der Waals surface area (Å²) in [6, 6.07) is 69.0. The van der Waals surface area contributed by atoms with E-state index in [0.717, 1.165) is 61.9 Å². The standard InChI is InChI=1S/C53H38N2O/c1-4-13-37(14-5-1)40-27-31-46(32-28-40)55(48-21-12-20-44(35-48)38-15-6-2-7-16-38)47-33-29-41(30-34-47)39-23-25-42(26-24-39)50-36-45-19-10-11-22-49(45)51-52(50)56-53(54-51)43-17-8-3-9-18-43/h1-34,36,48H,35H2. The van der Waals surface area contributed by atoms with Crippen LogP contribution in [0.3, 0.4) is 0 Å². The summed E-state index contributed by atoms with van der Waals surface area (Å²) in [5, 5.41) is 2.23. The van der Waals surface area contributed by atoms with Gasteiger partial charge in [-0.1, -0.05) is 170 Å². The zero-order valence-electron chi connectivity index (χ0n) is 30.8. The largest absolute Gasteiger partial charge is 0.435 e. The lowest BCUT2D eigenvalue weighted by Crippen LogP contribution is -2.30. The molecule has 1 aliphatic carbocycles. The molecule has 266 valence electrons. The second-order valence-corrected chi connectivity index (χ2v) is 14.3. The van der Waals surface area contributed by atoms with Crippen LogP contribution in [0, 0.1) is 0 Å². The SMILES string of the molecule is C1=CC(N(c2ccc(-c3ccccc3)cc2)c2ccc(-c3ccc(-c4cc5ccccc5c5nc(-c6ccccc6)oc45)cc3)cc2)CC(c2ccccc2)=C1. The number of benzene rings is 8. The molecule has 0 spiro atoms. The number of fused-ring (bicyclic) bond motifs is 3. The maximum absolute atomic E-state index is 6.52. The number of oxazole rings is 1. The number of nitrogens with zero attached hydrogens (tertiary/aromatic N) is 2. The highest BCUT2D eigenvalue weighted by Crippen LogP contribution is 2.40. The van der Waals surface area contributed by atoms with Crippen LogP contribution >= 0.6 is 0 Å². The molecule has 0 aliphatic heterocycles. The smallest absolute Gasteiger partial charge is 0.227 e. The van der Waals surface area contributed by atoms with Gasteiger partial charge in [-0.3, -0.25) is 0 Å². The van der Waals surface area contributed by atoms with Crippen molar-refractivity contribution in [2.45, 2.75) is 12.5 Å². The molecule has 0 amide bonds. The summed E-state index contributed by atoms with van der Waals surface area (Å²) in [7, 11) is 0. The molecular formula is C53H38N2O. The van der Waals surface area contributed by atoms with Crippen LogP contribution in [0.25, 0.3) is 72.3 Å². The van der Waals surface area contributed by atoms with Crippen molar-refractivity contribution in [2.75, 3.05) is 4.90 Å². The Morgan fingerprint density at radius 3 is 1.61 bits per heavy atom. The highest BCUT2D eigenvalue weighted by molar-refractivity contribution is 6.10. The van der Waals surface area contributed by atoms with Gasteiger partial charge in [-0.25, -0.2) is 4.98 Å². The molecule has 10 rings (SSSR count). The Morgan fingerprint density at radius 1 is 0.482 bits per heavy atom. The zero-order chi connectivity index (χ0) is 37.3. The molecule has 1 heterocycles. The number of hydrogen-bond acceptors (Lipinski definition) is 3. The predicted molar refractivity (Wildman–Crippen MR) is 234 cm³/mol. The average Bonchev–Trinajstić information content (AvgIpc) is 3.74. The molecule has 0 saturated carbocycles. The van der Waals surface area contributed by atoms with Gasteiger partial charge in [-0.2, -0.15) is 0 Å². The molecule has 0 N–H and O–H groups in total. The Hall–Kier alpha value is -7.23. The van der Waals surface area contributed by atoms with Gasteiger partial charge >= 0.3 is 0 Å². The maximum atomic E-state index is 6.52. The van der Waals surface area contributed by atoms with Gasteiger partial charge in [0.15, 0.2) is 5.58 Å². The van der Waals surface area contributed by atoms with E-state index in [2.05, 4.69) is 187 Å². The topological polar surface area (TPSA) is 29.3 Å². The van der Waals surface area contributed by atoms with Gasteiger partial charge in [0.05, 0.1) is 6.04 Å². The second kappa shape index (κ2) is 14.5. The monoisotopic (exact) mass is 718 g/mol. The molecule has 3 heteroatoms. The molecule has 1 atom stereocenters. The van der Waals surface area contributed by atoms with Gasteiger partial charge in [0.25, 0.3) is 0 Å². The molecule has 0 saturated heterocycles. The minimum atomic E-state index is 0.153. The molecule has 56 heavy (non-hydrogen) atoms. The summed E-state index contributed by atoms with van der Waals surface area (Å²) in [5.41, 5.74) is 14.5. The molecule has 0 radical (unpaired) electrons. The van der Waals surface area contributed by atoms with E-state index in [-0.39, 0.29) is 6.04 Å². The van der Waals surface area contributed by atoms with Crippen LogP contribution in [-0.4, -0.2) is 11.0 Å². The number of rotatable bonds is 8. The fraction of sp³-hybridized carbons (Fsp3) is 0.0377. The van der Waals surface area contributed by atoms with Crippen LogP contribution in [0.15, 0.2) is 217 Å². The summed E-state index contributed by atoms with van der Waals surface area (Å²) in [6.45, 7) is 0. The fourth-order valence-electron chi connectivity index (χ4n) is 8.00. The minimum Gasteiger partial charge on any atom is -0.435 e. The van der Waals surface area contributed by atoms with Gasteiger partial charge in [0, 0.05) is 27.9 Å². The van der Waals surface area contributed by atoms with Gasteiger partial charge in [-0.05, 0) is 93.2 Å². The van der Waals surface area contributed by atoms with Crippen molar-refractivity contribution in [3.05, 3.63) is 218 Å². The van der Waals surface area contributed by atoms with Crippen LogP contribution in [0.2, 0.25) is 0 Å². The van der Waals surface area contributed by atoms with Gasteiger partial charge < -0.3 is 9.32 Å². The zero-order valence-corrected chi connectivity index (χ0v) is 30.8. The number of allylic oxidation sites excluding steroid dienone is 2. The third-order valence-corrected chi connectivity index (χ3v) is 10.9. The summed E-state index contributed by atoms with van der Waals surface area (Å²) in [6.07, 6.45) is 7.70. The van der Waals surface area contributed by atoms with E-state index in [9.17, 15) is 0 Å². The van der Waals surface area contributed by atoms with E-state index in [4.69, 9.17) is 9.40 Å². The third-order valence-electron chi connectivity index (χ3n) is 10.9. The Bertz CT molecular complexity index is 2840. The van der Waals surface area contributed by atoms with Gasteiger partial charge in [-0.15, -0.1) is 0 Å². The lowest BCUT2D eigenvalue weighted by molar-refractivity contribution is 0.621. The summed E-state index contributed by atoms with van der Waals surface area (Å²) in [5.74, 6) is 0.632. The Labute approximate surface area is 327 Å². The average molecular weight is 719 g/mol. The second-order valence-electron chi connectivity index (χ2n) is 14.3. The van der Waals surface area contributed by atoms with Crippen LogP contribution in [0.1, 0.15) is 12.0 Å². The lowest BCUT2D eigenvalue weighted by Gasteiger charge is -2.34. The summed E-state index contributed by atoms with van der Waals surface area (Å²) in [4.78, 5) is 7.47. The number of hydrogen-bond donors (Lipinski definition) is 0. The Morgan fingerprint density at radius 2 is 0.982 bits per heavy atom. The first-order chi connectivity index (χ1) is 27.7. The van der Waals surface area contributed by atoms with E-state index in [1.54, 1.807) is 0 Å². The van der Waals surface area contributed by atoms with Crippen molar-refractivity contribution >= 4 is 38.8 Å². The van der Waals surface area contributed by atoms with Gasteiger partial charge in [0.1, 0.15) is 5.52 Å². The minimum absolute atomic E-state index is 0.153. The van der Waals surface area contributed by atoms with Crippen molar-refractivity contribution in [2.24, 2.45) is 0 Å². The van der Waals surface area contributed by atoms with E-state index in [0.29, 0.717) is 5.89 Å². The Balaban J connectivity index is 0.975. The first-order valence-electron chi connectivity index (χ1n) is 19.2. The van der Waals surface area contributed by atoms with Crippen molar-refractivity contribution in [1.29, 1.82) is 0 Å². The maximum Gasteiger partial charge on any atom is 0.227 e. The van der Waals surface area contributed by atoms with E-state index in [1.807, 2.05) is 30.3 Å². The first kappa shape index (κ1) is 33.3. The predicted octanol–water partition coefficient (Wildman–Crippen LogP) is 14.2. The normalized spacial score (nSPS) is 13.9. The summed E-state index contributed by atoms with van der Waals surface area (Å²) < 4.78 is 6.52. The molecule has 9 aromatic rings. The van der Waals surface area contributed by atoms with Crippen LogP contribution in [0.5, 0.6) is 0 Å². The van der Waals surface area contributed by atoms with Crippen LogP contribution < -0.4 is 4.90 Å². The van der Waals surface area contributed by atoms with E-state index in [1.165, 1.54) is 27.8 Å². The summed E-state index contributed by atoms with van der Waals surface area (Å²) >= 11 is 0. The van der Waals surface area contributed by atoms with Crippen LogP contribution in [-0.2, 0) is 0 Å². The molecule has 3 nitrogen and oxygen atoms in total. The number of anilines is 2. The van der Waals surface area contributed by atoms with Crippen molar-refractivity contribution in [3.8, 4) is 44.8 Å². The third kappa shape index (κ3) is 6.40. The molecule has 1 aromatic heterocycles. The molecule has 1 unspecified atom stereocenters. The molecule has 8 aromatic carbocycles. The van der Waals surface area contributed by atoms with Crippen molar-refractivity contribution in [3.63, 3.8) is 0 Å². The number of aromatic nitrogens is 1. The quantitative estimate of drug-likeness (QED) is 0.157. The molecule has 1 aliphatic rings. The molecule has 0 fully saturated rings. The van der Waals surface area contributed by atoms with E-state index < -0.39 is 0 Å². The highest BCUT2D eigenvalue weighted by atomic mass is 16.3. The molecule has 0 bridgehead atoms. The molecular weight excluding hydrogens is 681 g/mol. The van der Waals surface area contributed by atoms with Crippen molar-refractivity contribution in [1.82, 2.24) is 4.98 Å². The van der Waals surface area contributed by atoms with E-state index >= 15 is 0 Å². The van der Waals surface area contributed by atoms with Gasteiger partial charge in [0.2, 0.25) is 5.89 Å².